The predicted octanol–water partition coefficient (Wildman–Crippen LogP) is 6.80. The molecule has 12 nitrogen and oxygen atoms in total. The van der Waals surface area contributed by atoms with Crippen molar-refractivity contribution in [2.45, 2.75) is 104 Å². The molecule has 290 valence electrons. The number of carbonyl (C=O) groups excluding carboxylic acids is 3. The average molecular weight is 779 g/mol. The average Bonchev–Trinajstić information content (AvgIpc) is 2.97. The van der Waals surface area contributed by atoms with Gasteiger partial charge in [-0.25, -0.2) is 14.4 Å². The van der Waals surface area contributed by atoms with Crippen molar-refractivity contribution in [3.63, 3.8) is 0 Å². The first-order chi connectivity index (χ1) is 23.1. The summed E-state index contributed by atoms with van der Waals surface area (Å²) < 4.78 is 53.3. The first-order valence-corrected chi connectivity index (χ1v) is 29.0. The summed E-state index contributed by atoms with van der Waals surface area (Å²) in [7, 11) is -9.84. The lowest BCUT2D eigenvalue weighted by Gasteiger charge is -2.43. The van der Waals surface area contributed by atoms with E-state index in [1.165, 1.54) is 0 Å². The van der Waals surface area contributed by atoms with Crippen LogP contribution in [0.5, 0.6) is 0 Å². The highest BCUT2D eigenvalue weighted by atomic mass is 28.5. The second-order valence-electron chi connectivity index (χ2n) is 14.3. The van der Waals surface area contributed by atoms with Gasteiger partial charge in [-0.1, -0.05) is 19.7 Å². The molecule has 0 fully saturated rings. The molecule has 0 aromatic heterocycles. The van der Waals surface area contributed by atoms with Crippen LogP contribution in [0.15, 0.2) is 36.5 Å². The lowest BCUT2D eigenvalue weighted by atomic mass is 10.4. The van der Waals surface area contributed by atoms with Gasteiger partial charge in [-0.05, 0) is 97.4 Å². The zero-order chi connectivity index (χ0) is 38.4. The molecule has 0 aliphatic heterocycles. The molecule has 16 heteroatoms. The Morgan fingerprint density at radius 2 is 0.660 bits per heavy atom. The first-order valence-electron chi connectivity index (χ1n) is 17.4. The van der Waals surface area contributed by atoms with E-state index in [9.17, 15) is 14.4 Å². The van der Waals surface area contributed by atoms with Crippen LogP contribution in [0, 0.1) is 0 Å². The van der Waals surface area contributed by atoms with Gasteiger partial charge in [0.25, 0.3) is 0 Å². The Hall–Kier alpha value is -1.74. The van der Waals surface area contributed by atoms with Gasteiger partial charge >= 0.3 is 26.7 Å². The van der Waals surface area contributed by atoms with Crippen molar-refractivity contribution in [1.29, 1.82) is 0 Å². The van der Waals surface area contributed by atoms with Gasteiger partial charge in [0.15, 0.2) is 25.0 Å². The standard InChI is InChI=1S/C34H66O12Si4/c1-29(2)32(35)41-23-20-38-17-14-26-47(7,8)44-50(13,45-48(9,10)27-15-18-39-21-24-42-33(36)30(3)4)46-49(11,12)28-16-19-40-22-25-43-34(37)31(5)6/h1,3,5,14-28H2,2,4,6-13H3. The van der Waals surface area contributed by atoms with Crippen LogP contribution in [0.3, 0.4) is 0 Å². The third-order valence-electron chi connectivity index (χ3n) is 7.02. The van der Waals surface area contributed by atoms with Crippen molar-refractivity contribution in [3.8, 4) is 0 Å². The van der Waals surface area contributed by atoms with Crippen molar-refractivity contribution in [2.75, 3.05) is 59.5 Å². The molecule has 0 aromatic rings. The minimum atomic E-state index is -3.10. The molecule has 0 radical (unpaired) electrons. The SMILES string of the molecule is C=C(C)C(=O)OCCOCCC[Si](C)(C)O[Si](C)(O[Si](C)(C)CCCOCCOC(=O)C(=C)C)O[Si](C)(C)CCCOCCOC(=O)C(=C)C. The van der Waals surface area contributed by atoms with Gasteiger partial charge in [-0.3, -0.25) is 0 Å². The summed E-state index contributed by atoms with van der Waals surface area (Å²) in [4.78, 5) is 34.6. The van der Waals surface area contributed by atoms with Crippen LogP contribution >= 0.6 is 0 Å². The van der Waals surface area contributed by atoms with Gasteiger partial charge in [0, 0.05) is 43.1 Å². The van der Waals surface area contributed by atoms with E-state index in [2.05, 4.69) is 59.0 Å². The van der Waals surface area contributed by atoms with E-state index in [1.54, 1.807) is 20.8 Å². The van der Waals surface area contributed by atoms with Crippen molar-refractivity contribution < 1.29 is 55.2 Å². The van der Waals surface area contributed by atoms with E-state index < -0.39 is 51.7 Å². The minimum Gasteiger partial charge on any atom is -0.460 e. The summed E-state index contributed by atoms with van der Waals surface area (Å²) in [6.07, 6.45) is 2.41. The normalized spacial score (nSPS) is 12.4. The van der Waals surface area contributed by atoms with Crippen molar-refractivity contribution in [1.82, 2.24) is 0 Å². The van der Waals surface area contributed by atoms with Crippen LogP contribution in [-0.2, 0) is 55.2 Å². The number of ether oxygens (including phenoxy) is 6. The van der Waals surface area contributed by atoms with Gasteiger partial charge in [-0.2, -0.15) is 0 Å². The Morgan fingerprint density at radius 1 is 0.420 bits per heavy atom. The summed E-state index contributed by atoms with van der Waals surface area (Å²) in [5.74, 6) is -1.25. The Labute approximate surface area is 305 Å². The van der Waals surface area contributed by atoms with E-state index in [0.29, 0.717) is 56.4 Å². The van der Waals surface area contributed by atoms with Crippen LogP contribution in [0.4, 0.5) is 0 Å². The van der Waals surface area contributed by atoms with Gasteiger partial charge in [0.05, 0.1) is 19.8 Å². The quantitative estimate of drug-likeness (QED) is 0.0250. The van der Waals surface area contributed by atoms with Crippen LogP contribution in [0.1, 0.15) is 40.0 Å². The molecular weight excluding hydrogens is 713 g/mol. The van der Waals surface area contributed by atoms with Gasteiger partial charge < -0.3 is 40.8 Å². The zero-order valence-electron chi connectivity index (χ0n) is 32.6. The molecule has 0 spiro atoms. The third-order valence-corrected chi connectivity index (χ3v) is 22.8. The first kappa shape index (κ1) is 48.3. The molecule has 0 amide bonds. The molecule has 0 atom stereocenters. The molecule has 0 saturated heterocycles. The molecule has 0 unspecified atom stereocenters. The Kier molecular flexibility index (Phi) is 23.6. The molecule has 0 aliphatic rings. The molecule has 0 heterocycles. The van der Waals surface area contributed by atoms with Crippen LogP contribution in [0.2, 0.25) is 64.0 Å². The molecule has 0 aliphatic carbocycles. The van der Waals surface area contributed by atoms with Crippen molar-refractivity contribution in [3.05, 3.63) is 36.5 Å². The maximum atomic E-state index is 11.5. The van der Waals surface area contributed by atoms with Gasteiger partial charge in [0.1, 0.15) is 19.8 Å². The maximum absolute atomic E-state index is 11.5. The topological polar surface area (TPSA) is 134 Å². The largest absolute Gasteiger partial charge is 0.466 e. The minimum absolute atomic E-state index is 0.191. The van der Waals surface area contributed by atoms with E-state index in [0.717, 1.165) is 37.4 Å². The fourth-order valence-electron chi connectivity index (χ4n) is 4.78. The molecule has 50 heavy (non-hydrogen) atoms. The lowest BCUT2D eigenvalue weighted by Crippen LogP contribution is -2.60. The summed E-state index contributed by atoms with van der Waals surface area (Å²) in [5.41, 5.74) is 1.09. The fourth-order valence-corrected chi connectivity index (χ4v) is 22.7. The van der Waals surface area contributed by atoms with E-state index >= 15 is 0 Å². The van der Waals surface area contributed by atoms with E-state index in [-0.39, 0.29) is 19.8 Å². The van der Waals surface area contributed by atoms with Crippen LogP contribution in [-0.4, -0.2) is 111 Å². The summed E-state index contributed by atoms with van der Waals surface area (Å²) in [6, 6.07) is 2.56. The van der Waals surface area contributed by atoms with Crippen molar-refractivity contribution in [2.24, 2.45) is 0 Å². The van der Waals surface area contributed by atoms with E-state index in [1.807, 2.05) is 6.55 Å². The zero-order valence-corrected chi connectivity index (χ0v) is 36.6. The summed E-state index contributed by atoms with van der Waals surface area (Å²) in [6.45, 7) is 33.9. The second-order valence-corrected chi connectivity index (χ2v) is 30.6. The molecular formula is C34H66O12Si4. The number of hydrogen-bond acceptors (Lipinski definition) is 12. The van der Waals surface area contributed by atoms with Crippen molar-refractivity contribution >= 4 is 51.7 Å². The summed E-state index contributed by atoms with van der Waals surface area (Å²) >= 11 is 0. The second kappa shape index (κ2) is 24.5. The lowest BCUT2D eigenvalue weighted by molar-refractivity contribution is -0.141. The third kappa shape index (κ3) is 25.2. The van der Waals surface area contributed by atoms with Crippen LogP contribution < -0.4 is 0 Å². The fraction of sp³-hybridized carbons (Fsp3) is 0.735. The monoisotopic (exact) mass is 778 g/mol. The van der Waals surface area contributed by atoms with Gasteiger partial charge in [-0.15, -0.1) is 0 Å². The predicted molar refractivity (Wildman–Crippen MR) is 205 cm³/mol. The highest BCUT2D eigenvalue weighted by Crippen LogP contribution is 2.31. The van der Waals surface area contributed by atoms with Gasteiger partial charge in [0.2, 0.25) is 0 Å². The number of esters is 3. The Balaban J connectivity index is 5.20. The number of rotatable bonds is 30. The summed E-state index contributed by atoms with van der Waals surface area (Å²) in [5, 5.41) is 0. The molecule has 0 N–H and O–H groups in total. The van der Waals surface area contributed by atoms with Crippen LogP contribution in [0.25, 0.3) is 0 Å². The number of carbonyl (C=O) groups is 3. The number of hydrogen-bond donors (Lipinski definition) is 0. The molecule has 0 rings (SSSR count). The maximum Gasteiger partial charge on any atom is 0.466 e. The van der Waals surface area contributed by atoms with E-state index in [4.69, 9.17) is 40.8 Å². The molecule has 0 bridgehead atoms. The molecule has 0 aromatic carbocycles. The Morgan fingerprint density at radius 3 is 0.880 bits per heavy atom. The Bertz CT molecular complexity index is 963. The smallest absolute Gasteiger partial charge is 0.460 e. The highest BCUT2D eigenvalue weighted by Gasteiger charge is 2.48. The molecule has 0 saturated carbocycles. The highest BCUT2D eigenvalue weighted by molar-refractivity contribution is 6.90.